The summed E-state index contributed by atoms with van der Waals surface area (Å²) in [6, 6.07) is 2.71. The molecule has 3 rings (SSSR count). The van der Waals surface area contributed by atoms with Crippen molar-refractivity contribution in [3.63, 3.8) is 0 Å². The maximum absolute atomic E-state index is 11.8. The molecule has 0 aliphatic rings. The second-order valence-electron chi connectivity index (χ2n) is 4.75. The molecule has 2 aromatic heterocycles. The molecule has 0 aliphatic heterocycles. The Morgan fingerprint density at radius 1 is 1.46 bits per heavy atom. The van der Waals surface area contributed by atoms with Crippen molar-refractivity contribution in [2.24, 2.45) is 0 Å². The first kappa shape index (κ1) is 16.1. The fourth-order valence-electron chi connectivity index (χ4n) is 2.10. The van der Waals surface area contributed by atoms with Crippen LogP contribution >= 0.6 is 11.6 Å². The maximum atomic E-state index is 11.8. The minimum atomic E-state index is -1.49. The lowest BCUT2D eigenvalue weighted by Gasteiger charge is -2.11. The number of carboxylic acids is 1. The van der Waals surface area contributed by atoms with Crippen molar-refractivity contribution in [1.29, 1.82) is 0 Å². The van der Waals surface area contributed by atoms with Crippen LogP contribution in [0.4, 0.5) is 0 Å². The minimum Gasteiger partial charge on any atom is -0.481 e. The summed E-state index contributed by atoms with van der Waals surface area (Å²) < 4.78 is 16.4. The highest BCUT2D eigenvalue weighted by Crippen LogP contribution is 2.32. The maximum Gasteiger partial charge on any atom is 0.419 e. The van der Waals surface area contributed by atoms with Crippen LogP contribution in [0, 0.1) is 0 Å². The highest BCUT2D eigenvalue weighted by molar-refractivity contribution is 6.32. The predicted molar refractivity (Wildman–Crippen MR) is 79.8 cm³/mol. The molecule has 2 heterocycles. The van der Waals surface area contributed by atoms with E-state index in [0.29, 0.717) is 5.52 Å². The molecule has 2 N–H and O–H groups in total. The third-order valence-electron chi connectivity index (χ3n) is 3.17. The summed E-state index contributed by atoms with van der Waals surface area (Å²) in [6.45, 7) is -0.0589. The number of ether oxygens (including phenoxy) is 1. The zero-order valence-electron chi connectivity index (χ0n) is 12.0. The van der Waals surface area contributed by atoms with Crippen LogP contribution in [0.2, 0.25) is 5.02 Å². The summed E-state index contributed by atoms with van der Waals surface area (Å²) in [5.41, 5.74) is 0.466. The number of hydrogen-bond donors (Lipinski definition) is 2. The molecule has 0 saturated heterocycles. The van der Waals surface area contributed by atoms with Gasteiger partial charge in [-0.1, -0.05) is 11.6 Å². The average Bonchev–Trinajstić information content (AvgIpc) is 3.14. The van der Waals surface area contributed by atoms with Crippen LogP contribution in [0.15, 0.2) is 38.2 Å². The van der Waals surface area contributed by atoms with Gasteiger partial charge in [0.2, 0.25) is 0 Å². The fourth-order valence-corrected chi connectivity index (χ4v) is 2.30. The van der Waals surface area contributed by atoms with E-state index in [1.165, 1.54) is 24.6 Å². The van der Waals surface area contributed by atoms with Crippen LogP contribution in [0.3, 0.4) is 0 Å². The van der Waals surface area contributed by atoms with Crippen molar-refractivity contribution in [2.75, 3.05) is 0 Å². The Bertz CT molecular complexity index is 929. The number of hydrogen-bond acceptors (Lipinski definition) is 7. The Labute approximate surface area is 138 Å². The van der Waals surface area contributed by atoms with Crippen molar-refractivity contribution in [3.05, 3.63) is 46.1 Å². The van der Waals surface area contributed by atoms with E-state index in [0.717, 1.165) is 4.57 Å². The summed E-state index contributed by atoms with van der Waals surface area (Å²) in [4.78, 5) is 26.2. The molecule has 0 saturated carbocycles. The van der Waals surface area contributed by atoms with E-state index in [9.17, 15) is 14.7 Å². The molecule has 0 amide bonds. The molecule has 0 unspecified atom stereocenters. The second-order valence-corrected chi connectivity index (χ2v) is 5.16. The van der Waals surface area contributed by atoms with Gasteiger partial charge in [0.1, 0.15) is 12.0 Å². The van der Waals surface area contributed by atoms with Crippen molar-refractivity contribution in [1.82, 2.24) is 9.55 Å². The predicted octanol–water partition coefficient (Wildman–Crippen LogP) is 1.78. The summed E-state index contributed by atoms with van der Waals surface area (Å²) in [7, 11) is 0. The number of fused-ring (bicyclic) bond motifs is 1. The second kappa shape index (κ2) is 6.38. The molecule has 10 heteroatoms. The van der Waals surface area contributed by atoms with Crippen LogP contribution in [-0.4, -0.2) is 25.7 Å². The van der Waals surface area contributed by atoms with Crippen LogP contribution in [0.5, 0.6) is 5.75 Å². The number of carboxylic acid groups (broad SMARTS) is 1. The zero-order valence-corrected chi connectivity index (χ0v) is 12.8. The van der Waals surface area contributed by atoms with E-state index >= 15 is 0 Å². The van der Waals surface area contributed by atoms with Gasteiger partial charge in [0.05, 0.1) is 23.2 Å². The number of rotatable bonds is 6. The number of aliphatic carboxylic acids is 1. The number of nitrogens with zero attached hydrogens (tertiary/aromatic N) is 2. The molecule has 9 nitrogen and oxygen atoms in total. The first-order chi connectivity index (χ1) is 11.5. The quantitative estimate of drug-likeness (QED) is 0.641. The van der Waals surface area contributed by atoms with E-state index in [1.807, 2.05) is 0 Å². The van der Waals surface area contributed by atoms with Crippen LogP contribution in [0.1, 0.15) is 18.6 Å². The Morgan fingerprint density at radius 3 is 2.92 bits per heavy atom. The number of oxazole rings is 2. The van der Waals surface area contributed by atoms with Gasteiger partial charge in [0, 0.05) is 12.6 Å². The lowest BCUT2D eigenvalue weighted by atomic mass is 10.3. The van der Waals surface area contributed by atoms with Crippen LogP contribution in [0.25, 0.3) is 11.1 Å². The van der Waals surface area contributed by atoms with Gasteiger partial charge in [-0.3, -0.25) is 9.36 Å². The van der Waals surface area contributed by atoms with Gasteiger partial charge in [0.15, 0.2) is 5.58 Å². The van der Waals surface area contributed by atoms with Gasteiger partial charge < -0.3 is 23.8 Å². The lowest BCUT2D eigenvalue weighted by Crippen LogP contribution is -2.16. The van der Waals surface area contributed by atoms with E-state index in [1.54, 1.807) is 0 Å². The Morgan fingerprint density at radius 2 is 2.25 bits per heavy atom. The highest BCUT2D eigenvalue weighted by Gasteiger charge is 2.19. The molecule has 0 fully saturated rings. The molecule has 24 heavy (non-hydrogen) atoms. The first-order valence-electron chi connectivity index (χ1n) is 6.74. The number of aryl methyl sites for hydroxylation is 1. The van der Waals surface area contributed by atoms with Crippen LogP contribution < -0.4 is 10.5 Å². The van der Waals surface area contributed by atoms with Gasteiger partial charge in [-0.05, 0) is 6.07 Å². The highest BCUT2D eigenvalue weighted by atomic mass is 35.5. The first-order valence-corrected chi connectivity index (χ1v) is 7.12. The van der Waals surface area contributed by atoms with Gasteiger partial charge in [-0.25, -0.2) is 9.78 Å². The van der Waals surface area contributed by atoms with Gasteiger partial charge in [-0.15, -0.1) is 0 Å². The van der Waals surface area contributed by atoms with Crippen molar-refractivity contribution >= 4 is 28.7 Å². The average molecular weight is 355 g/mol. The molecular weight excluding hydrogens is 344 g/mol. The number of halogens is 1. The molecule has 0 bridgehead atoms. The van der Waals surface area contributed by atoms with Gasteiger partial charge in [0.25, 0.3) is 12.2 Å². The molecule has 3 aromatic rings. The molecular formula is C14H11ClN2O7. The lowest BCUT2D eigenvalue weighted by molar-refractivity contribution is -0.137. The smallest absolute Gasteiger partial charge is 0.419 e. The standard InChI is InChI=1S/C14H11ClN2O7/c15-7-5-8-10(24-14(21)17(8)3-1-11(18)19)6-9(7)23-13(20)12-16-2-4-22-12/h2,4-6,13,20H,1,3H2,(H,18,19)/t13-/m1/s1. The molecule has 0 spiro atoms. The summed E-state index contributed by atoms with van der Waals surface area (Å²) in [6.07, 6.45) is 0.881. The molecule has 0 radical (unpaired) electrons. The van der Waals surface area contributed by atoms with Gasteiger partial charge >= 0.3 is 11.7 Å². The summed E-state index contributed by atoms with van der Waals surface area (Å²) >= 11 is 6.09. The van der Waals surface area contributed by atoms with E-state index in [-0.39, 0.29) is 35.2 Å². The van der Waals surface area contributed by atoms with Crippen molar-refractivity contribution < 1.29 is 28.6 Å². The molecule has 126 valence electrons. The summed E-state index contributed by atoms with van der Waals surface area (Å²) in [5.74, 6) is -1.77. The Hall–Kier alpha value is -2.78. The van der Waals surface area contributed by atoms with Crippen molar-refractivity contribution in [2.45, 2.75) is 19.3 Å². The number of aliphatic hydroxyl groups is 1. The number of carbonyl (C=O) groups is 1. The number of benzene rings is 1. The molecule has 1 atom stereocenters. The topological polar surface area (TPSA) is 128 Å². The fraction of sp³-hybridized carbons (Fsp3) is 0.214. The minimum absolute atomic E-state index is 0.0500. The van der Waals surface area contributed by atoms with Crippen molar-refractivity contribution in [3.8, 4) is 5.75 Å². The Kier molecular flexibility index (Phi) is 4.28. The monoisotopic (exact) mass is 354 g/mol. The Balaban J connectivity index is 1.93. The van der Waals surface area contributed by atoms with E-state index in [2.05, 4.69) is 4.98 Å². The van der Waals surface area contributed by atoms with Crippen LogP contribution in [-0.2, 0) is 11.3 Å². The SMILES string of the molecule is O=C(O)CCn1c(=O)oc2cc(O[C@@H](O)c3ncco3)c(Cl)cc21. The largest absolute Gasteiger partial charge is 0.481 e. The molecule has 1 aromatic carbocycles. The third kappa shape index (κ3) is 3.12. The molecule has 0 aliphatic carbocycles. The van der Waals surface area contributed by atoms with E-state index in [4.69, 9.17) is 30.3 Å². The normalized spacial score (nSPS) is 12.4. The number of aromatic nitrogens is 2. The number of aliphatic hydroxyl groups excluding tert-OH is 1. The zero-order chi connectivity index (χ0) is 17.3. The van der Waals surface area contributed by atoms with Gasteiger partial charge in [-0.2, -0.15) is 0 Å². The summed E-state index contributed by atoms with van der Waals surface area (Å²) in [5, 5.41) is 18.7. The third-order valence-corrected chi connectivity index (χ3v) is 3.47. The van der Waals surface area contributed by atoms with E-state index < -0.39 is 18.0 Å².